The highest BCUT2D eigenvalue weighted by atomic mass is 15.3. The van der Waals surface area contributed by atoms with Crippen LogP contribution in [0.2, 0.25) is 0 Å². The molecule has 0 saturated carbocycles. The van der Waals surface area contributed by atoms with Gasteiger partial charge in [0.2, 0.25) is 0 Å². The van der Waals surface area contributed by atoms with Crippen LogP contribution >= 0.6 is 0 Å². The molecule has 0 radical (unpaired) electrons. The summed E-state index contributed by atoms with van der Waals surface area (Å²) in [6.45, 7) is 7.82. The fraction of sp³-hybridized carbons (Fsp3) is 0.769. The van der Waals surface area contributed by atoms with Gasteiger partial charge >= 0.3 is 0 Å². The van der Waals surface area contributed by atoms with Crippen LogP contribution in [0.25, 0.3) is 0 Å². The Morgan fingerprint density at radius 3 is 3.00 bits per heavy atom. The molecule has 0 bridgehead atoms. The van der Waals surface area contributed by atoms with Crippen molar-refractivity contribution in [3.8, 4) is 0 Å². The second-order valence-corrected chi connectivity index (χ2v) is 5.20. The Hall–Kier alpha value is -0.870. The molecule has 0 aliphatic carbocycles. The monoisotopic (exact) mass is 236 g/mol. The summed E-state index contributed by atoms with van der Waals surface area (Å²) in [6, 6.07) is 1.27. The lowest BCUT2D eigenvalue weighted by Crippen LogP contribution is -2.54. The first kappa shape index (κ1) is 12.6. The number of nitrogens with zero attached hydrogens (tertiary/aromatic N) is 3. The highest BCUT2D eigenvalue weighted by Crippen LogP contribution is 2.15. The van der Waals surface area contributed by atoms with Crippen LogP contribution in [0.3, 0.4) is 0 Å². The second kappa shape index (κ2) is 5.65. The van der Waals surface area contributed by atoms with Crippen molar-refractivity contribution in [2.45, 2.75) is 45.3 Å². The van der Waals surface area contributed by atoms with E-state index in [1.807, 2.05) is 17.9 Å². The van der Waals surface area contributed by atoms with Crippen molar-refractivity contribution < 1.29 is 0 Å². The molecule has 1 fully saturated rings. The fourth-order valence-corrected chi connectivity index (χ4v) is 2.63. The van der Waals surface area contributed by atoms with Crippen molar-refractivity contribution in [2.24, 2.45) is 7.05 Å². The molecule has 1 aliphatic rings. The van der Waals surface area contributed by atoms with Crippen LogP contribution < -0.4 is 5.32 Å². The van der Waals surface area contributed by atoms with E-state index in [4.69, 9.17) is 0 Å². The van der Waals surface area contributed by atoms with Crippen LogP contribution in [0.15, 0.2) is 12.4 Å². The Morgan fingerprint density at radius 1 is 1.53 bits per heavy atom. The minimum Gasteiger partial charge on any atom is -0.311 e. The standard InChI is InChI=1S/C13H24N4/c1-4-5-13-7-14-11(2)8-17(13)10-12-6-15-16(3)9-12/h6,9,11,13-14H,4-5,7-8,10H2,1-3H3. The Bertz CT molecular complexity index is 347. The van der Waals surface area contributed by atoms with Gasteiger partial charge in [0.05, 0.1) is 6.20 Å². The third-order valence-electron chi connectivity index (χ3n) is 3.49. The molecule has 1 aromatic heterocycles. The first-order valence-electron chi connectivity index (χ1n) is 6.64. The minimum absolute atomic E-state index is 0.597. The Kier molecular flexibility index (Phi) is 4.18. The van der Waals surface area contributed by atoms with Gasteiger partial charge in [-0.2, -0.15) is 5.10 Å². The number of piperazine rings is 1. The third kappa shape index (κ3) is 3.30. The Morgan fingerprint density at radius 2 is 2.35 bits per heavy atom. The normalized spacial score (nSPS) is 26.3. The lowest BCUT2D eigenvalue weighted by atomic mass is 10.0. The van der Waals surface area contributed by atoms with Crippen LogP contribution in [-0.2, 0) is 13.6 Å². The molecule has 96 valence electrons. The largest absolute Gasteiger partial charge is 0.311 e. The summed E-state index contributed by atoms with van der Waals surface area (Å²) in [6.07, 6.45) is 6.63. The van der Waals surface area contributed by atoms with Gasteiger partial charge < -0.3 is 5.32 Å². The van der Waals surface area contributed by atoms with Gasteiger partial charge in [-0.25, -0.2) is 0 Å². The zero-order chi connectivity index (χ0) is 12.3. The van der Waals surface area contributed by atoms with Gasteiger partial charge in [0.1, 0.15) is 0 Å². The predicted octanol–water partition coefficient (Wildman–Crippen LogP) is 1.38. The predicted molar refractivity (Wildman–Crippen MR) is 69.8 cm³/mol. The maximum Gasteiger partial charge on any atom is 0.0534 e. The van der Waals surface area contributed by atoms with Crippen LogP contribution in [-0.4, -0.2) is 39.9 Å². The van der Waals surface area contributed by atoms with E-state index in [0.29, 0.717) is 12.1 Å². The molecule has 17 heavy (non-hydrogen) atoms. The minimum atomic E-state index is 0.597. The summed E-state index contributed by atoms with van der Waals surface area (Å²) in [4.78, 5) is 2.60. The zero-order valence-electron chi connectivity index (χ0n) is 11.2. The molecule has 0 amide bonds. The molecule has 2 heterocycles. The SMILES string of the molecule is CCCC1CNC(C)CN1Cc1cnn(C)c1. The number of nitrogens with one attached hydrogen (secondary N) is 1. The summed E-state index contributed by atoms with van der Waals surface area (Å²) >= 11 is 0. The molecular weight excluding hydrogens is 212 g/mol. The number of hydrogen-bond donors (Lipinski definition) is 1. The van der Waals surface area contributed by atoms with Crippen molar-refractivity contribution in [2.75, 3.05) is 13.1 Å². The van der Waals surface area contributed by atoms with Crippen molar-refractivity contribution in [1.29, 1.82) is 0 Å². The highest BCUT2D eigenvalue weighted by molar-refractivity contribution is 5.04. The van der Waals surface area contributed by atoms with E-state index in [2.05, 4.69) is 35.4 Å². The van der Waals surface area contributed by atoms with E-state index < -0.39 is 0 Å². The summed E-state index contributed by atoms with van der Waals surface area (Å²) in [5.74, 6) is 0. The van der Waals surface area contributed by atoms with E-state index in [9.17, 15) is 0 Å². The van der Waals surface area contributed by atoms with Crippen LogP contribution in [0.5, 0.6) is 0 Å². The van der Waals surface area contributed by atoms with Gasteiger partial charge in [-0.05, 0) is 13.3 Å². The smallest absolute Gasteiger partial charge is 0.0534 e. The molecule has 4 heteroatoms. The lowest BCUT2D eigenvalue weighted by Gasteiger charge is -2.39. The third-order valence-corrected chi connectivity index (χ3v) is 3.49. The van der Waals surface area contributed by atoms with E-state index in [0.717, 1.165) is 19.6 Å². The highest BCUT2D eigenvalue weighted by Gasteiger charge is 2.25. The number of aryl methyl sites for hydroxylation is 1. The van der Waals surface area contributed by atoms with Crippen molar-refractivity contribution in [3.63, 3.8) is 0 Å². The summed E-state index contributed by atoms with van der Waals surface area (Å²) in [5.41, 5.74) is 1.32. The fourth-order valence-electron chi connectivity index (χ4n) is 2.63. The molecule has 1 N–H and O–H groups in total. The summed E-state index contributed by atoms with van der Waals surface area (Å²) in [7, 11) is 1.98. The van der Waals surface area contributed by atoms with E-state index in [-0.39, 0.29) is 0 Å². The molecule has 2 rings (SSSR count). The molecule has 0 spiro atoms. The van der Waals surface area contributed by atoms with E-state index in [1.54, 1.807) is 0 Å². The topological polar surface area (TPSA) is 33.1 Å². The number of hydrogen-bond acceptors (Lipinski definition) is 3. The van der Waals surface area contributed by atoms with Crippen molar-refractivity contribution >= 4 is 0 Å². The van der Waals surface area contributed by atoms with E-state index in [1.165, 1.54) is 18.4 Å². The average molecular weight is 236 g/mol. The van der Waals surface area contributed by atoms with Gasteiger partial charge in [0.15, 0.2) is 0 Å². The van der Waals surface area contributed by atoms with Crippen LogP contribution in [0.1, 0.15) is 32.3 Å². The van der Waals surface area contributed by atoms with Crippen LogP contribution in [0.4, 0.5) is 0 Å². The van der Waals surface area contributed by atoms with Crippen molar-refractivity contribution in [1.82, 2.24) is 20.0 Å². The van der Waals surface area contributed by atoms with Gasteiger partial charge in [-0.3, -0.25) is 9.58 Å². The van der Waals surface area contributed by atoms with Gasteiger partial charge in [-0.15, -0.1) is 0 Å². The molecule has 1 aliphatic heterocycles. The van der Waals surface area contributed by atoms with E-state index >= 15 is 0 Å². The first-order chi connectivity index (χ1) is 8.19. The first-order valence-corrected chi connectivity index (χ1v) is 6.64. The molecule has 2 atom stereocenters. The van der Waals surface area contributed by atoms with Gasteiger partial charge in [0, 0.05) is 50.5 Å². The van der Waals surface area contributed by atoms with Crippen LogP contribution in [0, 0.1) is 0 Å². The molecule has 4 nitrogen and oxygen atoms in total. The van der Waals surface area contributed by atoms with Gasteiger partial charge in [-0.1, -0.05) is 13.3 Å². The second-order valence-electron chi connectivity index (χ2n) is 5.20. The summed E-state index contributed by atoms with van der Waals surface area (Å²) in [5, 5.41) is 7.82. The molecule has 1 saturated heterocycles. The Balaban J connectivity index is 1.99. The molecular formula is C13H24N4. The quantitative estimate of drug-likeness (QED) is 0.857. The number of aromatic nitrogens is 2. The summed E-state index contributed by atoms with van der Waals surface area (Å²) < 4.78 is 1.88. The number of rotatable bonds is 4. The lowest BCUT2D eigenvalue weighted by molar-refractivity contribution is 0.120. The maximum atomic E-state index is 4.25. The molecule has 2 unspecified atom stereocenters. The zero-order valence-corrected chi connectivity index (χ0v) is 11.2. The molecule has 0 aromatic carbocycles. The van der Waals surface area contributed by atoms with Gasteiger partial charge in [0.25, 0.3) is 0 Å². The van der Waals surface area contributed by atoms with Crippen molar-refractivity contribution in [3.05, 3.63) is 18.0 Å². The average Bonchev–Trinajstić information content (AvgIpc) is 2.68. The molecule has 1 aromatic rings. The maximum absolute atomic E-state index is 4.25. The Labute approximate surface area is 104 Å².